The van der Waals surface area contributed by atoms with Crippen molar-refractivity contribution in [3.8, 4) is 5.75 Å². The molecule has 26 heavy (non-hydrogen) atoms. The lowest BCUT2D eigenvalue weighted by molar-refractivity contribution is -0.127. The summed E-state index contributed by atoms with van der Waals surface area (Å²) in [5.41, 5.74) is 0.402. The third kappa shape index (κ3) is 5.21. The van der Waals surface area contributed by atoms with Crippen LogP contribution in [-0.2, 0) is 4.79 Å². The lowest BCUT2D eigenvalue weighted by Crippen LogP contribution is -2.45. The summed E-state index contributed by atoms with van der Waals surface area (Å²) in [5, 5.41) is 6.45. The molecule has 1 unspecified atom stereocenters. The summed E-state index contributed by atoms with van der Waals surface area (Å²) in [6.45, 7) is 8.14. The van der Waals surface area contributed by atoms with Gasteiger partial charge in [-0.1, -0.05) is 12.1 Å². The molecule has 0 radical (unpaired) electrons. The monoisotopic (exact) mass is 362 g/mol. The molecule has 1 atom stereocenters. The summed E-state index contributed by atoms with van der Waals surface area (Å²) >= 11 is 0. The molecule has 7 heteroatoms. The molecular weight excluding hydrogens is 335 g/mol. The molecule has 0 bridgehead atoms. The number of nitrogens with zero attached hydrogens (tertiary/aromatic N) is 2. The van der Waals surface area contributed by atoms with Crippen molar-refractivity contribution < 1.29 is 13.9 Å². The highest BCUT2D eigenvalue weighted by Crippen LogP contribution is 2.39. The first-order chi connectivity index (χ1) is 12.2. The SMILES string of the molecule is C=CCNC(=NCC(=O)N(C)C)NC1CC(C)(C)Oc2cc(F)ccc21. The molecule has 1 aromatic rings. The van der Waals surface area contributed by atoms with Crippen molar-refractivity contribution in [3.63, 3.8) is 0 Å². The zero-order chi connectivity index (χ0) is 19.3. The number of hydrogen-bond donors (Lipinski definition) is 2. The summed E-state index contributed by atoms with van der Waals surface area (Å²) in [6, 6.07) is 4.40. The van der Waals surface area contributed by atoms with Gasteiger partial charge in [-0.2, -0.15) is 0 Å². The minimum Gasteiger partial charge on any atom is -0.487 e. The van der Waals surface area contributed by atoms with E-state index in [1.54, 1.807) is 26.2 Å². The van der Waals surface area contributed by atoms with Gasteiger partial charge in [0, 0.05) is 38.7 Å². The second kappa shape index (κ2) is 8.21. The Morgan fingerprint density at radius 2 is 2.23 bits per heavy atom. The fraction of sp³-hybridized carbons (Fsp3) is 0.474. The maximum absolute atomic E-state index is 13.6. The summed E-state index contributed by atoms with van der Waals surface area (Å²) in [5.74, 6) is 0.583. The van der Waals surface area contributed by atoms with E-state index in [4.69, 9.17) is 4.74 Å². The number of ether oxygens (including phenoxy) is 1. The molecule has 1 aromatic carbocycles. The minimum atomic E-state index is -0.457. The zero-order valence-corrected chi connectivity index (χ0v) is 15.8. The molecular formula is C19H27FN4O2. The molecule has 0 spiro atoms. The van der Waals surface area contributed by atoms with E-state index >= 15 is 0 Å². The highest BCUT2D eigenvalue weighted by atomic mass is 19.1. The summed E-state index contributed by atoms with van der Waals surface area (Å²) in [4.78, 5) is 17.7. The van der Waals surface area contributed by atoms with Crippen LogP contribution in [-0.4, -0.2) is 49.6 Å². The highest BCUT2D eigenvalue weighted by molar-refractivity contribution is 5.85. The van der Waals surface area contributed by atoms with Crippen molar-refractivity contribution in [2.24, 2.45) is 4.99 Å². The maximum atomic E-state index is 13.6. The Balaban J connectivity index is 2.24. The molecule has 1 aliphatic rings. The quantitative estimate of drug-likeness (QED) is 0.479. The summed E-state index contributed by atoms with van der Waals surface area (Å²) in [6.07, 6.45) is 2.38. The summed E-state index contributed by atoms with van der Waals surface area (Å²) < 4.78 is 19.5. The number of halogens is 1. The van der Waals surface area contributed by atoms with Gasteiger partial charge in [0.1, 0.15) is 23.7 Å². The van der Waals surface area contributed by atoms with Gasteiger partial charge in [-0.3, -0.25) is 4.79 Å². The predicted molar refractivity (Wildman–Crippen MR) is 101 cm³/mol. The van der Waals surface area contributed by atoms with Crippen LogP contribution >= 0.6 is 0 Å². The van der Waals surface area contributed by atoms with E-state index in [1.165, 1.54) is 17.0 Å². The molecule has 6 nitrogen and oxygen atoms in total. The van der Waals surface area contributed by atoms with Crippen LogP contribution in [0.15, 0.2) is 35.8 Å². The van der Waals surface area contributed by atoms with E-state index in [2.05, 4.69) is 22.2 Å². The Labute approximate surface area is 154 Å². The first kappa shape index (κ1) is 19.8. The van der Waals surface area contributed by atoms with Crippen LogP contribution in [0.25, 0.3) is 0 Å². The van der Waals surface area contributed by atoms with Gasteiger partial charge < -0.3 is 20.3 Å². The average molecular weight is 362 g/mol. The fourth-order valence-corrected chi connectivity index (χ4v) is 2.73. The number of fused-ring (bicyclic) bond motifs is 1. The first-order valence-electron chi connectivity index (χ1n) is 8.56. The van der Waals surface area contributed by atoms with Gasteiger partial charge >= 0.3 is 0 Å². The van der Waals surface area contributed by atoms with E-state index in [9.17, 15) is 9.18 Å². The molecule has 0 saturated carbocycles. The predicted octanol–water partition coefficient (Wildman–Crippen LogP) is 2.24. The Morgan fingerprint density at radius 3 is 2.88 bits per heavy atom. The number of aliphatic imine (C=N–C) groups is 1. The van der Waals surface area contributed by atoms with Gasteiger partial charge in [0.05, 0.1) is 6.04 Å². The van der Waals surface area contributed by atoms with E-state index in [-0.39, 0.29) is 24.3 Å². The van der Waals surface area contributed by atoms with E-state index < -0.39 is 5.60 Å². The number of amides is 1. The minimum absolute atomic E-state index is 0.0301. The van der Waals surface area contributed by atoms with Crippen LogP contribution in [0.3, 0.4) is 0 Å². The topological polar surface area (TPSA) is 66.0 Å². The Kier molecular flexibility index (Phi) is 6.23. The molecule has 0 aromatic heterocycles. The number of guanidine groups is 1. The molecule has 2 rings (SSSR count). The van der Waals surface area contributed by atoms with Crippen LogP contribution in [0.2, 0.25) is 0 Å². The van der Waals surface area contributed by atoms with Gasteiger partial charge in [-0.05, 0) is 19.9 Å². The van der Waals surface area contributed by atoms with Crippen LogP contribution in [0.5, 0.6) is 5.75 Å². The fourth-order valence-electron chi connectivity index (χ4n) is 2.73. The largest absolute Gasteiger partial charge is 0.487 e. The average Bonchev–Trinajstić information content (AvgIpc) is 2.55. The number of nitrogens with one attached hydrogen (secondary N) is 2. The Bertz CT molecular complexity index is 701. The third-order valence-corrected chi connectivity index (χ3v) is 4.03. The van der Waals surface area contributed by atoms with Crippen LogP contribution in [0.1, 0.15) is 31.9 Å². The van der Waals surface area contributed by atoms with Gasteiger partial charge in [0.2, 0.25) is 5.91 Å². The van der Waals surface area contributed by atoms with Crippen LogP contribution in [0.4, 0.5) is 4.39 Å². The Hall–Kier alpha value is -2.57. The van der Waals surface area contributed by atoms with Crippen molar-refractivity contribution in [1.82, 2.24) is 15.5 Å². The van der Waals surface area contributed by atoms with Gasteiger partial charge in [-0.15, -0.1) is 6.58 Å². The van der Waals surface area contributed by atoms with E-state index in [0.29, 0.717) is 24.7 Å². The first-order valence-corrected chi connectivity index (χ1v) is 8.56. The second-order valence-electron chi connectivity index (χ2n) is 7.07. The van der Waals surface area contributed by atoms with Crippen molar-refractivity contribution in [2.75, 3.05) is 27.2 Å². The number of carbonyl (C=O) groups excluding carboxylic acids is 1. The molecule has 0 saturated heterocycles. The van der Waals surface area contributed by atoms with Crippen molar-refractivity contribution >= 4 is 11.9 Å². The normalized spacial score (nSPS) is 18.3. The molecule has 1 heterocycles. The van der Waals surface area contributed by atoms with Crippen molar-refractivity contribution in [3.05, 3.63) is 42.2 Å². The van der Waals surface area contributed by atoms with Crippen molar-refractivity contribution in [2.45, 2.75) is 31.9 Å². The number of benzene rings is 1. The summed E-state index contributed by atoms with van der Waals surface area (Å²) in [7, 11) is 3.38. The molecule has 0 fully saturated rings. The van der Waals surface area contributed by atoms with Gasteiger partial charge in [0.15, 0.2) is 5.96 Å². The van der Waals surface area contributed by atoms with Crippen LogP contribution < -0.4 is 15.4 Å². The van der Waals surface area contributed by atoms with Gasteiger partial charge in [0.25, 0.3) is 0 Å². The molecule has 0 aliphatic carbocycles. The Morgan fingerprint density at radius 1 is 1.50 bits per heavy atom. The second-order valence-corrected chi connectivity index (χ2v) is 7.07. The molecule has 1 aliphatic heterocycles. The number of rotatable bonds is 5. The van der Waals surface area contributed by atoms with E-state index in [1.807, 2.05) is 13.8 Å². The lowest BCUT2D eigenvalue weighted by Gasteiger charge is -2.38. The molecule has 1 amide bonds. The smallest absolute Gasteiger partial charge is 0.243 e. The molecule has 2 N–H and O–H groups in total. The lowest BCUT2D eigenvalue weighted by atomic mass is 9.90. The standard InChI is InChI=1S/C19H27FN4O2/c1-6-9-21-18(22-12-17(25)24(4)5)23-15-11-19(2,3)26-16-10-13(20)7-8-14(15)16/h6-8,10,15H,1,9,11-12H2,2-5H3,(H2,21,22,23). The van der Waals surface area contributed by atoms with E-state index in [0.717, 1.165) is 5.56 Å². The molecule has 142 valence electrons. The number of hydrogen-bond acceptors (Lipinski definition) is 3. The number of carbonyl (C=O) groups is 1. The van der Waals surface area contributed by atoms with Crippen molar-refractivity contribution in [1.29, 1.82) is 0 Å². The maximum Gasteiger partial charge on any atom is 0.243 e. The highest BCUT2D eigenvalue weighted by Gasteiger charge is 2.34. The van der Waals surface area contributed by atoms with Gasteiger partial charge in [-0.25, -0.2) is 9.38 Å². The third-order valence-electron chi connectivity index (χ3n) is 4.03. The van der Waals surface area contributed by atoms with Crippen LogP contribution in [0, 0.1) is 5.82 Å². The zero-order valence-electron chi connectivity index (χ0n) is 15.8. The number of likely N-dealkylation sites (N-methyl/N-ethyl adjacent to an activating group) is 1.